The van der Waals surface area contributed by atoms with Crippen LogP contribution in [0.2, 0.25) is 0 Å². The summed E-state index contributed by atoms with van der Waals surface area (Å²) in [7, 11) is -3.11. The summed E-state index contributed by atoms with van der Waals surface area (Å²) in [5, 5.41) is 0. The molecule has 0 aliphatic heterocycles. The van der Waals surface area contributed by atoms with E-state index < -0.39 is 10.0 Å². The molecular formula is C16H39NO2S. The summed E-state index contributed by atoms with van der Waals surface area (Å²) < 4.78 is 25.3. The van der Waals surface area contributed by atoms with Crippen molar-refractivity contribution in [2.45, 2.75) is 75.8 Å². The summed E-state index contributed by atoms with van der Waals surface area (Å²) in [5.41, 5.74) is -0.0235. The SMILES string of the molecule is C.C.C.CC(C)(C)[C@H]1C[C@H]1CN(C(C)(C)C)S(C)(=O)=O. The van der Waals surface area contributed by atoms with Gasteiger partial charge in [0.1, 0.15) is 0 Å². The molecule has 0 bridgehead atoms. The van der Waals surface area contributed by atoms with E-state index in [0.29, 0.717) is 23.8 Å². The lowest BCUT2D eigenvalue weighted by molar-refractivity contribution is 0.226. The molecule has 0 saturated heterocycles. The maximum Gasteiger partial charge on any atom is 0.211 e. The van der Waals surface area contributed by atoms with Crippen LogP contribution in [0.5, 0.6) is 0 Å². The normalized spacial score (nSPS) is 22.4. The Morgan fingerprint density at radius 3 is 1.60 bits per heavy atom. The molecule has 1 rings (SSSR count). The van der Waals surface area contributed by atoms with Crippen LogP contribution in [0, 0.1) is 17.3 Å². The van der Waals surface area contributed by atoms with E-state index in [1.807, 2.05) is 20.8 Å². The molecular weight excluding hydrogens is 270 g/mol. The summed E-state index contributed by atoms with van der Waals surface area (Å²) >= 11 is 0. The Kier molecular flexibility index (Phi) is 9.03. The van der Waals surface area contributed by atoms with Crippen LogP contribution in [0.3, 0.4) is 0 Å². The minimum Gasteiger partial charge on any atom is -0.212 e. The predicted molar refractivity (Wildman–Crippen MR) is 92.5 cm³/mol. The summed E-state index contributed by atoms with van der Waals surface area (Å²) in [4.78, 5) is 0. The van der Waals surface area contributed by atoms with Gasteiger partial charge in [0.25, 0.3) is 0 Å². The molecule has 0 unspecified atom stereocenters. The first-order chi connectivity index (χ1) is 7.33. The van der Waals surface area contributed by atoms with Gasteiger partial charge < -0.3 is 0 Å². The molecule has 0 aromatic heterocycles. The standard InChI is InChI=1S/C13H27NO2S.3CH4/c1-12(2,3)11-8-10(11)9-14(13(4,5)6)17(7,15)16;;;/h10-11H,8-9H2,1-7H3;3*1H4/t10-,11-;;;/m0.../s1. The second-order valence-corrected chi connectivity index (χ2v) is 9.34. The van der Waals surface area contributed by atoms with Crippen molar-refractivity contribution >= 4 is 10.0 Å². The number of sulfonamides is 1. The predicted octanol–water partition coefficient (Wildman–Crippen LogP) is 4.64. The van der Waals surface area contributed by atoms with Crippen LogP contribution in [0.15, 0.2) is 0 Å². The lowest BCUT2D eigenvalue weighted by Gasteiger charge is -2.34. The number of hydrogen-bond donors (Lipinski definition) is 0. The number of nitrogens with zero attached hydrogens (tertiary/aromatic N) is 1. The van der Waals surface area contributed by atoms with E-state index in [0.717, 1.165) is 6.42 Å². The lowest BCUT2D eigenvalue weighted by atomic mass is 9.89. The van der Waals surface area contributed by atoms with Crippen molar-refractivity contribution in [3.8, 4) is 0 Å². The average Bonchev–Trinajstić information content (AvgIpc) is 2.72. The lowest BCUT2D eigenvalue weighted by Crippen LogP contribution is -2.46. The molecule has 0 aromatic rings. The van der Waals surface area contributed by atoms with Crippen molar-refractivity contribution < 1.29 is 8.42 Å². The third kappa shape index (κ3) is 6.57. The fraction of sp³-hybridized carbons (Fsp3) is 1.00. The maximum atomic E-state index is 11.8. The number of rotatable bonds is 3. The quantitative estimate of drug-likeness (QED) is 0.761. The molecule has 126 valence electrons. The molecule has 20 heavy (non-hydrogen) atoms. The van der Waals surface area contributed by atoms with Gasteiger partial charge in [0.05, 0.1) is 6.26 Å². The highest BCUT2D eigenvalue weighted by Gasteiger charge is 2.47. The fourth-order valence-corrected chi connectivity index (χ4v) is 4.09. The molecule has 1 saturated carbocycles. The van der Waals surface area contributed by atoms with Crippen LogP contribution >= 0.6 is 0 Å². The zero-order valence-corrected chi connectivity index (χ0v) is 13.1. The van der Waals surface area contributed by atoms with Gasteiger partial charge in [0, 0.05) is 12.1 Å². The summed E-state index contributed by atoms with van der Waals surface area (Å²) in [5.74, 6) is 1.19. The van der Waals surface area contributed by atoms with Crippen molar-refractivity contribution in [2.24, 2.45) is 17.3 Å². The molecule has 1 aliphatic carbocycles. The van der Waals surface area contributed by atoms with Gasteiger partial charge in [0.2, 0.25) is 10.0 Å². The molecule has 0 spiro atoms. The van der Waals surface area contributed by atoms with Crippen LogP contribution in [-0.2, 0) is 10.0 Å². The van der Waals surface area contributed by atoms with E-state index in [9.17, 15) is 8.42 Å². The third-order valence-corrected chi connectivity index (χ3v) is 5.08. The molecule has 0 heterocycles. The molecule has 1 aliphatic rings. The van der Waals surface area contributed by atoms with E-state index in [2.05, 4.69) is 20.8 Å². The van der Waals surface area contributed by atoms with Crippen LogP contribution in [0.1, 0.15) is 70.2 Å². The van der Waals surface area contributed by atoms with E-state index in [1.54, 1.807) is 4.31 Å². The van der Waals surface area contributed by atoms with Gasteiger partial charge >= 0.3 is 0 Å². The number of hydrogen-bond acceptors (Lipinski definition) is 2. The molecule has 3 nitrogen and oxygen atoms in total. The molecule has 1 fully saturated rings. The van der Waals surface area contributed by atoms with Gasteiger partial charge in [-0.1, -0.05) is 43.1 Å². The highest BCUT2D eigenvalue weighted by Crippen LogP contribution is 2.51. The molecule has 0 N–H and O–H groups in total. The van der Waals surface area contributed by atoms with Crippen molar-refractivity contribution in [3.63, 3.8) is 0 Å². The molecule has 0 aromatic carbocycles. The van der Waals surface area contributed by atoms with Crippen LogP contribution < -0.4 is 0 Å². The van der Waals surface area contributed by atoms with E-state index in [4.69, 9.17) is 0 Å². The zero-order valence-electron chi connectivity index (χ0n) is 12.2. The fourth-order valence-electron chi connectivity index (χ4n) is 2.63. The van der Waals surface area contributed by atoms with E-state index >= 15 is 0 Å². The minimum atomic E-state index is -3.11. The average molecular weight is 310 g/mol. The first-order valence-corrected chi connectivity index (χ1v) is 8.16. The van der Waals surface area contributed by atoms with Crippen molar-refractivity contribution in [2.75, 3.05) is 12.8 Å². The zero-order chi connectivity index (χ0) is 13.6. The van der Waals surface area contributed by atoms with E-state index in [1.165, 1.54) is 6.26 Å². The Labute approximate surface area is 129 Å². The molecule has 2 atom stereocenters. The van der Waals surface area contributed by atoms with Crippen LogP contribution in [-0.4, -0.2) is 31.1 Å². The summed E-state index contributed by atoms with van der Waals surface area (Å²) in [6.45, 7) is 13.3. The smallest absolute Gasteiger partial charge is 0.211 e. The van der Waals surface area contributed by atoms with Gasteiger partial charge in [-0.05, 0) is 44.4 Å². The second kappa shape index (κ2) is 7.26. The van der Waals surface area contributed by atoms with Crippen LogP contribution in [0.25, 0.3) is 0 Å². The second-order valence-electron chi connectivity index (χ2n) is 7.43. The third-order valence-electron chi connectivity index (χ3n) is 3.58. The van der Waals surface area contributed by atoms with Gasteiger partial charge in [-0.2, -0.15) is 4.31 Å². The molecule has 4 heteroatoms. The first kappa shape index (κ1) is 24.9. The maximum absolute atomic E-state index is 11.8. The van der Waals surface area contributed by atoms with Crippen LogP contribution in [0.4, 0.5) is 0 Å². The van der Waals surface area contributed by atoms with Gasteiger partial charge in [-0.25, -0.2) is 8.42 Å². The largest absolute Gasteiger partial charge is 0.212 e. The topological polar surface area (TPSA) is 37.4 Å². The Hall–Kier alpha value is -0.0900. The summed E-state index contributed by atoms with van der Waals surface area (Å²) in [6, 6.07) is 0. The monoisotopic (exact) mass is 309 g/mol. The van der Waals surface area contributed by atoms with E-state index in [-0.39, 0.29) is 27.8 Å². The molecule has 0 radical (unpaired) electrons. The van der Waals surface area contributed by atoms with Crippen molar-refractivity contribution in [1.82, 2.24) is 4.31 Å². The highest BCUT2D eigenvalue weighted by molar-refractivity contribution is 7.88. The van der Waals surface area contributed by atoms with Gasteiger partial charge in [-0.15, -0.1) is 0 Å². The Morgan fingerprint density at radius 1 is 1.00 bits per heavy atom. The Bertz CT molecular complexity index is 374. The Morgan fingerprint density at radius 2 is 1.40 bits per heavy atom. The molecule has 0 amide bonds. The Balaban J connectivity index is -0.000000963. The van der Waals surface area contributed by atoms with Crippen molar-refractivity contribution in [1.29, 1.82) is 0 Å². The summed E-state index contributed by atoms with van der Waals surface area (Å²) in [6.07, 6.45) is 2.47. The minimum absolute atomic E-state index is 0. The van der Waals surface area contributed by atoms with Gasteiger partial charge in [0.15, 0.2) is 0 Å². The van der Waals surface area contributed by atoms with Gasteiger partial charge in [-0.3, -0.25) is 0 Å². The highest BCUT2D eigenvalue weighted by atomic mass is 32.2. The van der Waals surface area contributed by atoms with Crippen molar-refractivity contribution in [3.05, 3.63) is 0 Å². The first-order valence-electron chi connectivity index (χ1n) is 6.31.